The Hall–Kier alpha value is -2.70. The van der Waals surface area contributed by atoms with Crippen LogP contribution in [0.15, 0.2) is 24.3 Å². The third-order valence-electron chi connectivity index (χ3n) is 4.08. The molecule has 2 N–H and O–H groups in total. The molecule has 1 aliphatic heterocycles. The van der Waals surface area contributed by atoms with Gasteiger partial charge in [-0.25, -0.2) is 0 Å². The third-order valence-corrected chi connectivity index (χ3v) is 4.08. The zero-order valence-electron chi connectivity index (χ0n) is 13.2. The molecule has 2 aliphatic rings. The molecule has 1 saturated heterocycles. The van der Waals surface area contributed by atoms with Crippen LogP contribution in [0.1, 0.15) is 42.5 Å². The maximum Gasteiger partial charge on any atom is 0.253 e. The molecule has 7 nitrogen and oxygen atoms in total. The predicted molar refractivity (Wildman–Crippen MR) is 86.1 cm³/mol. The molecular weight excluding hydrogens is 310 g/mol. The van der Waals surface area contributed by atoms with Crippen molar-refractivity contribution >= 4 is 29.3 Å². The highest BCUT2D eigenvalue weighted by molar-refractivity contribution is 6.05. The number of hydrogen-bond acceptors (Lipinski definition) is 4. The van der Waals surface area contributed by atoms with Crippen molar-refractivity contribution in [3.8, 4) is 0 Å². The smallest absolute Gasteiger partial charge is 0.253 e. The second-order valence-corrected chi connectivity index (χ2v) is 6.03. The molecule has 0 atom stereocenters. The molecule has 4 amide bonds. The van der Waals surface area contributed by atoms with Gasteiger partial charge in [0.25, 0.3) is 5.91 Å². The van der Waals surface area contributed by atoms with Gasteiger partial charge >= 0.3 is 0 Å². The van der Waals surface area contributed by atoms with E-state index in [-0.39, 0.29) is 55.5 Å². The lowest BCUT2D eigenvalue weighted by Crippen LogP contribution is -2.32. The average Bonchev–Trinajstić information content (AvgIpc) is 3.31. The van der Waals surface area contributed by atoms with Crippen LogP contribution in [0.4, 0.5) is 5.69 Å². The van der Waals surface area contributed by atoms with E-state index in [1.807, 2.05) is 0 Å². The fourth-order valence-corrected chi connectivity index (χ4v) is 2.58. The summed E-state index contributed by atoms with van der Waals surface area (Å²) in [5.74, 6) is -1.03. The minimum atomic E-state index is -0.339. The molecule has 126 valence electrons. The van der Waals surface area contributed by atoms with Gasteiger partial charge in [-0.05, 0) is 25.0 Å². The Bertz CT molecular complexity index is 681. The molecule has 0 spiro atoms. The predicted octanol–water partition coefficient (Wildman–Crippen LogP) is 1.06. The Morgan fingerprint density at radius 1 is 1.08 bits per heavy atom. The number of carbonyl (C=O) groups excluding carboxylic acids is 4. The number of anilines is 1. The fourth-order valence-electron chi connectivity index (χ4n) is 2.58. The van der Waals surface area contributed by atoms with E-state index in [1.165, 1.54) is 0 Å². The van der Waals surface area contributed by atoms with Gasteiger partial charge in [0.1, 0.15) is 0 Å². The number of amides is 4. The van der Waals surface area contributed by atoms with Crippen molar-refractivity contribution in [1.29, 1.82) is 0 Å². The SMILES string of the molecule is O=C(CCN1C(=O)CCC1=O)Nc1ccccc1C(=O)NC1CC1. The second kappa shape index (κ2) is 6.82. The Balaban J connectivity index is 1.58. The Kier molecular flexibility index (Phi) is 4.59. The van der Waals surface area contributed by atoms with Gasteiger partial charge in [-0.3, -0.25) is 24.1 Å². The second-order valence-electron chi connectivity index (χ2n) is 6.03. The number of benzene rings is 1. The summed E-state index contributed by atoms with van der Waals surface area (Å²) in [4.78, 5) is 48.5. The van der Waals surface area contributed by atoms with Crippen LogP contribution in [0, 0.1) is 0 Å². The molecule has 0 radical (unpaired) electrons. The number of imide groups is 1. The number of likely N-dealkylation sites (tertiary alicyclic amines) is 1. The monoisotopic (exact) mass is 329 g/mol. The van der Waals surface area contributed by atoms with Crippen LogP contribution in [0.2, 0.25) is 0 Å². The van der Waals surface area contributed by atoms with Gasteiger partial charge in [0.05, 0.1) is 11.3 Å². The van der Waals surface area contributed by atoms with Crippen LogP contribution in [-0.2, 0) is 14.4 Å². The minimum absolute atomic E-state index is 0.00998. The standard InChI is InChI=1S/C17H19N3O4/c21-14(9-10-20-15(22)7-8-16(20)23)19-13-4-2-1-3-12(13)17(24)18-11-5-6-11/h1-4,11H,5-10H2,(H,18,24)(H,19,21). The molecule has 0 bridgehead atoms. The first-order chi connectivity index (χ1) is 11.5. The Morgan fingerprint density at radius 3 is 2.42 bits per heavy atom. The van der Waals surface area contributed by atoms with E-state index in [2.05, 4.69) is 10.6 Å². The summed E-state index contributed by atoms with van der Waals surface area (Å²) in [5, 5.41) is 5.57. The largest absolute Gasteiger partial charge is 0.349 e. The van der Waals surface area contributed by atoms with E-state index in [0.717, 1.165) is 17.7 Å². The van der Waals surface area contributed by atoms with E-state index in [9.17, 15) is 19.2 Å². The molecule has 24 heavy (non-hydrogen) atoms. The fraction of sp³-hybridized carbons (Fsp3) is 0.412. The van der Waals surface area contributed by atoms with E-state index in [0.29, 0.717) is 11.3 Å². The van der Waals surface area contributed by atoms with Crippen LogP contribution in [0.25, 0.3) is 0 Å². The maximum absolute atomic E-state index is 12.2. The summed E-state index contributed by atoms with van der Waals surface area (Å²) in [7, 11) is 0. The molecule has 3 rings (SSSR count). The van der Waals surface area contributed by atoms with Crippen molar-refractivity contribution in [3.05, 3.63) is 29.8 Å². The molecular formula is C17H19N3O4. The molecule has 7 heteroatoms. The van der Waals surface area contributed by atoms with Gasteiger partial charge in [0, 0.05) is 31.8 Å². The van der Waals surface area contributed by atoms with Crippen molar-refractivity contribution in [2.24, 2.45) is 0 Å². The van der Waals surface area contributed by atoms with Crippen molar-refractivity contribution in [3.63, 3.8) is 0 Å². The molecule has 1 aromatic rings. The summed E-state index contributed by atoms with van der Waals surface area (Å²) in [6.45, 7) is 0.0694. The molecule has 2 fully saturated rings. The van der Waals surface area contributed by atoms with Crippen LogP contribution in [-0.4, -0.2) is 41.1 Å². The minimum Gasteiger partial charge on any atom is -0.349 e. The van der Waals surface area contributed by atoms with Gasteiger partial charge in [-0.15, -0.1) is 0 Å². The normalized spacial score (nSPS) is 17.1. The van der Waals surface area contributed by atoms with E-state index < -0.39 is 0 Å². The van der Waals surface area contributed by atoms with Crippen molar-refractivity contribution in [1.82, 2.24) is 10.2 Å². The summed E-state index contributed by atoms with van der Waals surface area (Å²) >= 11 is 0. The van der Waals surface area contributed by atoms with Crippen molar-refractivity contribution < 1.29 is 19.2 Å². The summed E-state index contributed by atoms with van der Waals surface area (Å²) < 4.78 is 0. The lowest BCUT2D eigenvalue weighted by molar-refractivity contribution is -0.138. The number of rotatable bonds is 6. The molecule has 0 unspecified atom stereocenters. The number of hydrogen-bond donors (Lipinski definition) is 2. The Labute approximate surface area is 139 Å². The zero-order chi connectivity index (χ0) is 17.1. The lowest BCUT2D eigenvalue weighted by Gasteiger charge is -2.14. The van der Waals surface area contributed by atoms with Gasteiger partial charge in [-0.2, -0.15) is 0 Å². The molecule has 1 saturated carbocycles. The highest BCUT2D eigenvalue weighted by atomic mass is 16.2. The molecule has 1 heterocycles. The molecule has 1 aromatic carbocycles. The number of nitrogens with one attached hydrogen (secondary N) is 2. The van der Waals surface area contributed by atoms with Gasteiger partial charge in [0.15, 0.2) is 0 Å². The first-order valence-corrected chi connectivity index (χ1v) is 8.07. The lowest BCUT2D eigenvalue weighted by atomic mass is 10.1. The Morgan fingerprint density at radius 2 is 1.75 bits per heavy atom. The van der Waals surface area contributed by atoms with E-state index in [1.54, 1.807) is 24.3 Å². The molecule has 0 aromatic heterocycles. The summed E-state index contributed by atoms with van der Waals surface area (Å²) in [5.41, 5.74) is 0.839. The van der Waals surface area contributed by atoms with Gasteiger partial charge < -0.3 is 10.6 Å². The van der Waals surface area contributed by atoms with Crippen LogP contribution >= 0.6 is 0 Å². The number of carbonyl (C=O) groups is 4. The van der Waals surface area contributed by atoms with Crippen molar-refractivity contribution in [2.75, 3.05) is 11.9 Å². The van der Waals surface area contributed by atoms with Gasteiger partial charge in [-0.1, -0.05) is 12.1 Å². The maximum atomic E-state index is 12.2. The highest BCUT2D eigenvalue weighted by Crippen LogP contribution is 2.21. The van der Waals surface area contributed by atoms with E-state index >= 15 is 0 Å². The summed E-state index contributed by atoms with van der Waals surface area (Å²) in [6.07, 6.45) is 2.40. The molecule has 1 aliphatic carbocycles. The van der Waals surface area contributed by atoms with Crippen LogP contribution in [0.5, 0.6) is 0 Å². The number of nitrogens with zero attached hydrogens (tertiary/aromatic N) is 1. The van der Waals surface area contributed by atoms with Gasteiger partial charge in [0.2, 0.25) is 17.7 Å². The number of para-hydroxylation sites is 1. The summed E-state index contributed by atoms with van der Waals surface area (Å²) in [6, 6.07) is 7.01. The highest BCUT2D eigenvalue weighted by Gasteiger charge is 2.29. The zero-order valence-corrected chi connectivity index (χ0v) is 13.2. The average molecular weight is 329 g/mol. The van der Waals surface area contributed by atoms with E-state index in [4.69, 9.17) is 0 Å². The van der Waals surface area contributed by atoms with Crippen LogP contribution in [0.3, 0.4) is 0 Å². The van der Waals surface area contributed by atoms with Crippen LogP contribution < -0.4 is 10.6 Å². The first kappa shape index (κ1) is 16.2. The van der Waals surface area contributed by atoms with Crippen molar-refractivity contribution in [2.45, 2.75) is 38.1 Å². The quantitative estimate of drug-likeness (QED) is 0.763. The first-order valence-electron chi connectivity index (χ1n) is 8.07. The third kappa shape index (κ3) is 3.79. The topological polar surface area (TPSA) is 95.6 Å².